The summed E-state index contributed by atoms with van der Waals surface area (Å²) in [6.07, 6.45) is 1.52. The highest BCUT2D eigenvalue weighted by Gasteiger charge is 2.33. The second-order valence-electron chi connectivity index (χ2n) is 7.17. The van der Waals surface area contributed by atoms with E-state index in [2.05, 4.69) is 10.6 Å². The number of carboxylic acid groups (broad SMARTS) is 1. The molecule has 2 atom stereocenters. The van der Waals surface area contributed by atoms with Gasteiger partial charge in [-0.3, -0.25) is 14.4 Å². The topological polar surface area (TPSA) is 95.5 Å². The van der Waals surface area contributed by atoms with E-state index in [1.54, 1.807) is 18.2 Å². The molecule has 2 rings (SSSR count). The van der Waals surface area contributed by atoms with E-state index in [0.29, 0.717) is 43.0 Å². The Bertz CT molecular complexity index is 669. The molecule has 0 saturated heterocycles. The average Bonchev–Trinajstić information content (AvgIpc) is 3.04. The number of aliphatic carboxylic acids is 1. The fraction of sp³-hybridized carbons (Fsp3) is 0.526. The molecular formula is C19H26N2O4. The minimum atomic E-state index is -0.830. The van der Waals surface area contributed by atoms with Crippen molar-refractivity contribution in [1.29, 1.82) is 0 Å². The summed E-state index contributed by atoms with van der Waals surface area (Å²) in [4.78, 5) is 35.4. The van der Waals surface area contributed by atoms with Gasteiger partial charge < -0.3 is 15.7 Å². The average molecular weight is 346 g/mol. The number of rotatable bonds is 6. The Kier molecular flexibility index (Phi) is 6.17. The predicted molar refractivity (Wildman–Crippen MR) is 95.4 cm³/mol. The van der Waals surface area contributed by atoms with Crippen LogP contribution in [0.3, 0.4) is 0 Å². The van der Waals surface area contributed by atoms with Crippen molar-refractivity contribution < 1.29 is 19.5 Å². The Morgan fingerprint density at radius 2 is 1.88 bits per heavy atom. The van der Waals surface area contributed by atoms with E-state index < -0.39 is 11.9 Å². The highest BCUT2D eigenvalue weighted by atomic mass is 16.4. The van der Waals surface area contributed by atoms with Crippen LogP contribution >= 0.6 is 0 Å². The van der Waals surface area contributed by atoms with Crippen molar-refractivity contribution >= 4 is 23.5 Å². The highest BCUT2D eigenvalue weighted by Crippen LogP contribution is 2.32. The molecule has 6 heteroatoms. The first kappa shape index (κ1) is 19.0. The third-order valence-electron chi connectivity index (χ3n) is 4.57. The van der Waals surface area contributed by atoms with Gasteiger partial charge in [-0.2, -0.15) is 0 Å². The summed E-state index contributed by atoms with van der Waals surface area (Å²) in [6.45, 7) is 6.51. The van der Waals surface area contributed by atoms with Crippen LogP contribution < -0.4 is 10.6 Å². The quantitative estimate of drug-likeness (QED) is 0.738. The van der Waals surface area contributed by atoms with Gasteiger partial charge >= 0.3 is 5.97 Å². The number of hydrogen-bond acceptors (Lipinski definition) is 3. The summed E-state index contributed by atoms with van der Waals surface area (Å²) in [6, 6.07) is 5.16. The van der Waals surface area contributed by atoms with Gasteiger partial charge in [-0.1, -0.05) is 13.8 Å². The van der Waals surface area contributed by atoms with E-state index in [9.17, 15) is 14.4 Å². The summed E-state index contributed by atoms with van der Waals surface area (Å²) < 4.78 is 0. The van der Waals surface area contributed by atoms with Crippen molar-refractivity contribution in [3.63, 3.8) is 0 Å². The van der Waals surface area contributed by atoms with Gasteiger partial charge in [-0.15, -0.1) is 0 Å². The van der Waals surface area contributed by atoms with Crippen LogP contribution in [-0.4, -0.2) is 29.4 Å². The minimum absolute atomic E-state index is 0.130. The summed E-state index contributed by atoms with van der Waals surface area (Å²) in [7, 11) is 0. The smallest absolute Gasteiger partial charge is 0.306 e. The molecule has 1 aromatic carbocycles. The Morgan fingerprint density at radius 1 is 1.20 bits per heavy atom. The summed E-state index contributed by atoms with van der Waals surface area (Å²) in [5, 5.41) is 14.8. The highest BCUT2D eigenvalue weighted by molar-refractivity contribution is 5.97. The molecule has 2 amide bonds. The number of nitrogens with one attached hydrogen (secondary N) is 2. The second kappa shape index (κ2) is 8.14. The first-order valence-electron chi connectivity index (χ1n) is 8.70. The lowest BCUT2D eigenvalue weighted by molar-refractivity contribution is -0.141. The van der Waals surface area contributed by atoms with Gasteiger partial charge in [0.15, 0.2) is 0 Å². The number of aryl methyl sites for hydroxylation is 1. The van der Waals surface area contributed by atoms with Gasteiger partial charge in [0.1, 0.15) is 0 Å². The van der Waals surface area contributed by atoms with Crippen molar-refractivity contribution in [2.75, 3.05) is 11.9 Å². The van der Waals surface area contributed by atoms with Crippen molar-refractivity contribution in [2.24, 2.45) is 17.8 Å². The van der Waals surface area contributed by atoms with Crippen LogP contribution in [0, 0.1) is 24.7 Å². The van der Waals surface area contributed by atoms with Crippen LogP contribution in [0.15, 0.2) is 18.2 Å². The number of anilines is 1. The lowest BCUT2D eigenvalue weighted by atomic mass is 10.0. The molecule has 3 N–H and O–H groups in total. The third-order valence-corrected chi connectivity index (χ3v) is 4.57. The van der Waals surface area contributed by atoms with Crippen LogP contribution in [-0.2, 0) is 9.59 Å². The standard InChI is InChI=1S/C19H26N2O4/c1-11(2)10-20-17(22)13-6-7-16(12(3)8-13)21-18(23)14-4-5-15(9-14)19(24)25/h6-8,11,14-15H,4-5,9-10H2,1-3H3,(H,20,22)(H,21,23)(H,24,25)/t14-,15+/m1/s1. The Balaban J connectivity index is 1.98. The van der Waals surface area contributed by atoms with Crippen LogP contribution in [0.25, 0.3) is 0 Å². The number of hydrogen-bond donors (Lipinski definition) is 3. The van der Waals surface area contributed by atoms with Crippen LogP contribution in [0.2, 0.25) is 0 Å². The number of carbonyl (C=O) groups is 3. The zero-order chi connectivity index (χ0) is 18.6. The molecular weight excluding hydrogens is 320 g/mol. The number of carbonyl (C=O) groups excluding carboxylic acids is 2. The fourth-order valence-electron chi connectivity index (χ4n) is 3.02. The lowest BCUT2D eigenvalue weighted by Gasteiger charge is -2.14. The van der Waals surface area contributed by atoms with Gasteiger partial charge in [-0.05, 0) is 55.9 Å². The van der Waals surface area contributed by atoms with E-state index in [1.165, 1.54) is 0 Å². The molecule has 0 bridgehead atoms. The van der Waals surface area contributed by atoms with E-state index in [4.69, 9.17) is 5.11 Å². The molecule has 25 heavy (non-hydrogen) atoms. The molecule has 0 heterocycles. The molecule has 1 aromatic rings. The minimum Gasteiger partial charge on any atom is -0.481 e. The molecule has 0 radical (unpaired) electrons. The molecule has 0 aliphatic heterocycles. The van der Waals surface area contributed by atoms with Gasteiger partial charge in [0, 0.05) is 23.7 Å². The molecule has 6 nitrogen and oxygen atoms in total. The Morgan fingerprint density at radius 3 is 2.44 bits per heavy atom. The largest absolute Gasteiger partial charge is 0.481 e. The number of amides is 2. The summed E-state index contributed by atoms with van der Waals surface area (Å²) in [5.74, 6) is -1.43. The van der Waals surface area contributed by atoms with Crippen LogP contribution in [0.5, 0.6) is 0 Å². The van der Waals surface area contributed by atoms with Crippen molar-refractivity contribution in [3.8, 4) is 0 Å². The van der Waals surface area contributed by atoms with Crippen molar-refractivity contribution in [1.82, 2.24) is 5.32 Å². The van der Waals surface area contributed by atoms with Crippen LogP contribution in [0.1, 0.15) is 49.0 Å². The SMILES string of the molecule is Cc1cc(C(=O)NCC(C)C)ccc1NC(=O)[C@@H]1CC[C@H](C(=O)O)C1. The van der Waals surface area contributed by atoms with E-state index in [0.717, 1.165) is 5.56 Å². The molecule has 0 aromatic heterocycles. The van der Waals surface area contributed by atoms with Gasteiger partial charge in [0.05, 0.1) is 5.92 Å². The second-order valence-corrected chi connectivity index (χ2v) is 7.17. The van der Waals surface area contributed by atoms with Crippen molar-refractivity contribution in [2.45, 2.75) is 40.0 Å². The number of carboxylic acids is 1. The van der Waals surface area contributed by atoms with Gasteiger partial charge in [0.2, 0.25) is 5.91 Å². The fourth-order valence-corrected chi connectivity index (χ4v) is 3.02. The summed E-state index contributed by atoms with van der Waals surface area (Å²) in [5.41, 5.74) is 2.02. The number of benzene rings is 1. The van der Waals surface area contributed by atoms with E-state index >= 15 is 0 Å². The Labute approximate surface area is 148 Å². The first-order chi connectivity index (χ1) is 11.8. The Hall–Kier alpha value is -2.37. The zero-order valence-electron chi connectivity index (χ0n) is 15.0. The molecule has 1 aliphatic carbocycles. The van der Waals surface area contributed by atoms with Crippen molar-refractivity contribution in [3.05, 3.63) is 29.3 Å². The van der Waals surface area contributed by atoms with Gasteiger partial charge in [-0.25, -0.2) is 0 Å². The van der Waals surface area contributed by atoms with E-state index in [-0.39, 0.29) is 17.7 Å². The van der Waals surface area contributed by atoms with Gasteiger partial charge in [0.25, 0.3) is 5.91 Å². The molecule has 136 valence electrons. The molecule has 1 fully saturated rings. The zero-order valence-corrected chi connectivity index (χ0v) is 15.0. The van der Waals surface area contributed by atoms with E-state index in [1.807, 2.05) is 20.8 Å². The molecule has 1 aliphatic rings. The predicted octanol–water partition coefficient (Wildman–Crippen LogP) is 2.82. The molecule has 0 unspecified atom stereocenters. The normalized spacial score (nSPS) is 19.7. The monoisotopic (exact) mass is 346 g/mol. The maximum absolute atomic E-state index is 12.3. The van der Waals surface area contributed by atoms with Crippen LogP contribution in [0.4, 0.5) is 5.69 Å². The lowest BCUT2D eigenvalue weighted by Crippen LogP contribution is -2.27. The molecule has 1 saturated carbocycles. The molecule has 0 spiro atoms. The maximum Gasteiger partial charge on any atom is 0.306 e. The third kappa shape index (κ3) is 5.05. The first-order valence-corrected chi connectivity index (χ1v) is 8.70. The summed E-state index contributed by atoms with van der Waals surface area (Å²) >= 11 is 0. The maximum atomic E-state index is 12.3.